The van der Waals surface area contributed by atoms with Crippen LogP contribution < -0.4 is 0 Å². The molecule has 2 aromatic rings. The van der Waals surface area contributed by atoms with Crippen molar-refractivity contribution in [1.29, 1.82) is 0 Å². The van der Waals surface area contributed by atoms with Crippen molar-refractivity contribution in [1.82, 2.24) is 4.98 Å². The van der Waals surface area contributed by atoms with Gasteiger partial charge in [-0.2, -0.15) is 0 Å². The van der Waals surface area contributed by atoms with Crippen LogP contribution in [-0.4, -0.2) is 17.2 Å². The van der Waals surface area contributed by atoms with Gasteiger partial charge in [-0.05, 0) is 18.2 Å². The Morgan fingerprint density at radius 3 is 2.95 bits per heavy atom. The van der Waals surface area contributed by atoms with E-state index in [1.54, 1.807) is 11.8 Å². The second-order valence-electron chi connectivity index (χ2n) is 4.02. The van der Waals surface area contributed by atoms with Crippen LogP contribution in [0.25, 0.3) is 10.9 Å². The van der Waals surface area contributed by atoms with E-state index in [2.05, 4.69) is 4.98 Å². The minimum atomic E-state index is 0.154. The van der Waals surface area contributed by atoms with Crippen molar-refractivity contribution >= 4 is 40.7 Å². The van der Waals surface area contributed by atoms with Crippen LogP contribution in [0.2, 0.25) is 5.02 Å². The summed E-state index contributed by atoms with van der Waals surface area (Å²) in [5, 5.41) is 2.34. The van der Waals surface area contributed by atoms with Gasteiger partial charge in [0.1, 0.15) is 11.6 Å². The lowest BCUT2D eigenvalue weighted by molar-refractivity contribution is -0.129. The van der Waals surface area contributed by atoms with Crippen molar-refractivity contribution in [2.75, 3.05) is 5.75 Å². The molecule has 0 aliphatic rings. The molecule has 0 bridgehead atoms. The number of halogens is 1. The molecular weight excluding hydrogens is 282 g/mol. The first-order valence-corrected chi connectivity index (χ1v) is 7.31. The average Bonchev–Trinajstić information content (AvgIpc) is 2.40. The van der Waals surface area contributed by atoms with E-state index < -0.39 is 0 Å². The third-order valence-electron chi connectivity index (χ3n) is 2.79. The maximum Gasteiger partial charge on any atom is 0.293 e. The van der Waals surface area contributed by atoms with Gasteiger partial charge < -0.3 is 4.74 Å². The molecular formula is C14H14ClNO2S. The molecule has 3 nitrogen and oxygen atoms in total. The fraction of sp³-hybridized carbons (Fsp3) is 0.286. The number of carbonyl (C=O) groups is 1. The molecule has 0 unspecified atom stereocenters. The maximum atomic E-state index is 10.4. The Morgan fingerprint density at radius 2 is 2.26 bits per heavy atom. The topological polar surface area (TPSA) is 39.2 Å². The van der Waals surface area contributed by atoms with Gasteiger partial charge in [-0.25, -0.2) is 4.98 Å². The van der Waals surface area contributed by atoms with Gasteiger partial charge in [-0.15, -0.1) is 11.8 Å². The SMILES string of the molecule is CCSc1nc2c(C)cccc2c(Cl)c1COC=O. The number of aryl methyl sites for hydroxylation is 1. The fourth-order valence-corrected chi connectivity index (χ4v) is 3.03. The highest BCUT2D eigenvalue weighted by molar-refractivity contribution is 7.99. The van der Waals surface area contributed by atoms with E-state index in [4.69, 9.17) is 16.3 Å². The van der Waals surface area contributed by atoms with Crippen LogP contribution in [0, 0.1) is 6.92 Å². The predicted octanol–water partition coefficient (Wildman–Crippen LogP) is 3.98. The monoisotopic (exact) mass is 295 g/mol. The van der Waals surface area contributed by atoms with Gasteiger partial charge in [0.25, 0.3) is 6.47 Å². The first-order chi connectivity index (χ1) is 9.19. The molecule has 0 atom stereocenters. The lowest BCUT2D eigenvalue weighted by Crippen LogP contribution is -1.99. The summed E-state index contributed by atoms with van der Waals surface area (Å²) in [5.74, 6) is 0.884. The lowest BCUT2D eigenvalue weighted by atomic mass is 10.1. The van der Waals surface area contributed by atoms with Crippen molar-refractivity contribution < 1.29 is 9.53 Å². The van der Waals surface area contributed by atoms with Gasteiger partial charge in [-0.1, -0.05) is 36.7 Å². The highest BCUT2D eigenvalue weighted by Gasteiger charge is 2.15. The zero-order chi connectivity index (χ0) is 13.8. The van der Waals surface area contributed by atoms with Crippen LogP contribution in [0.5, 0.6) is 0 Å². The molecule has 19 heavy (non-hydrogen) atoms. The molecule has 0 spiro atoms. The number of carbonyl (C=O) groups excluding carboxylic acids is 1. The summed E-state index contributed by atoms with van der Waals surface area (Å²) >= 11 is 8.04. The standard InChI is InChI=1S/C14H14ClNO2S/c1-3-19-14-11(7-18-8-17)12(15)10-6-4-5-9(2)13(10)16-14/h4-6,8H,3,7H2,1-2H3. The van der Waals surface area contributed by atoms with Gasteiger partial charge in [-0.3, -0.25) is 4.79 Å². The number of fused-ring (bicyclic) bond motifs is 1. The average molecular weight is 296 g/mol. The maximum absolute atomic E-state index is 10.4. The summed E-state index contributed by atoms with van der Waals surface area (Å²) in [7, 11) is 0. The van der Waals surface area contributed by atoms with Gasteiger partial charge >= 0.3 is 0 Å². The molecule has 1 aromatic heterocycles. The zero-order valence-corrected chi connectivity index (χ0v) is 12.3. The summed E-state index contributed by atoms with van der Waals surface area (Å²) in [6, 6.07) is 5.89. The van der Waals surface area contributed by atoms with Crippen molar-refractivity contribution in [2.45, 2.75) is 25.5 Å². The van der Waals surface area contributed by atoms with Gasteiger partial charge in [0.05, 0.1) is 10.5 Å². The van der Waals surface area contributed by atoms with Crippen molar-refractivity contribution in [3.8, 4) is 0 Å². The normalized spacial score (nSPS) is 10.7. The van der Waals surface area contributed by atoms with E-state index in [-0.39, 0.29) is 6.61 Å². The summed E-state index contributed by atoms with van der Waals surface area (Å²) in [6.07, 6.45) is 0. The van der Waals surface area contributed by atoms with Crippen LogP contribution in [-0.2, 0) is 16.1 Å². The molecule has 0 aliphatic carbocycles. The van der Waals surface area contributed by atoms with Crippen molar-refractivity contribution in [3.63, 3.8) is 0 Å². The number of hydrogen-bond acceptors (Lipinski definition) is 4. The van der Waals surface area contributed by atoms with E-state index in [1.165, 1.54) is 0 Å². The Morgan fingerprint density at radius 1 is 1.47 bits per heavy atom. The largest absolute Gasteiger partial charge is 0.463 e. The summed E-state index contributed by atoms with van der Waals surface area (Å²) < 4.78 is 4.85. The molecule has 0 aliphatic heterocycles. The van der Waals surface area contributed by atoms with Crippen LogP contribution in [0.4, 0.5) is 0 Å². The molecule has 5 heteroatoms. The molecule has 0 saturated heterocycles. The lowest BCUT2D eigenvalue weighted by Gasteiger charge is -2.13. The molecule has 0 radical (unpaired) electrons. The van der Waals surface area contributed by atoms with Crippen LogP contribution in [0.3, 0.4) is 0 Å². The number of para-hydroxylation sites is 1. The number of benzene rings is 1. The smallest absolute Gasteiger partial charge is 0.293 e. The number of thioether (sulfide) groups is 1. The van der Waals surface area contributed by atoms with Crippen LogP contribution in [0.1, 0.15) is 18.1 Å². The number of ether oxygens (including phenoxy) is 1. The number of aromatic nitrogens is 1. The van der Waals surface area contributed by atoms with E-state index in [9.17, 15) is 4.79 Å². The summed E-state index contributed by atoms with van der Waals surface area (Å²) in [4.78, 5) is 15.0. The molecule has 1 heterocycles. The molecule has 0 saturated carbocycles. The van der Waals surface area contributed by atoms with Gasteiger partial charge in [0.15, 0.2) is 0 Å². The molecule has 0 N–H and O–H groups in total. The second-order valence-corrected chi connectivity index (χ2v) is 5.65. The Hall–Kier alpha value is -1.26. The Kier molecular flexibility index (Phi) is 4.66. The Balaban J connectivity index is 2.66. The minimum Gasteiger partial charge on any atom is -0.463 e. The van der Waals surface area contributed by atoms with Crippen LogP contribution in [0.15, 0.2) is 23.2 Å². The highest BCUT2D eigenvalue weighted by atomic mass is 35.5. The quantitative estimate of drug-likeness (QED) is 0.618. The molecule has 100 valence electrons. The third-order valence-corrected chi connectivity index (χ3v) is 4.12. The number of pyridine rings is 1. The van der Waals surface area contributed by atoms with E-state index in [1.807, 2.05) is 32.0 Å². The third kappa shape index (κ3) is 2.85. The molecule has 0 amide bonds. The zero-order valence-electron chi connectivity index (χ0n) is 10.8. The van der Waals surface area contributed by atoms with Crippen molar-refractivity contribution in [2.24, 2.45) is 0 Å². The van der Waals surface area contributed by atoms with Gasteiger partial charge in [0.2, 0.25) is 0 Å². The Bertz CT molecular complexity index is 616. The number of rotatable bonds is 5. The van der Waals surface area contributed by atoms with Crippen molar-refractivity contribution in [3.05, 3.63) is 34.3 Å². The first-order valence-electron chi connectivity index (χ1n) is 5.94. The fourth-order valence-electron chi connectivity index (χ4n) is 1.91. The molecule has 1 aromatic carbocycles. The van der Waals surface area contributed by atoms with E-state index >= 15 is 0 Å². The summed E-state index contributed by atoms with van der Waals surface area (Å²) in [6.45, 7) is 4.64. The number of nitrogens with zero attached hydrogens (tertiary/aromatic N) is 1. The predicted molar refractivity (Wildman–Crippen MR) is 78.7 cm³/mol. The van der Waals surface area contributed by atoms with E-state index in [0.717, 1.165) is 32.8 Å². The van der Waals surface area contributed by atoms with Gasteiger partial charge in [0, 0.05) is 10.9 Å². The molecule has 0 fully saturated rings. The molecule has 2 rings (SSSR count). The van der Waals surface area contributed by atoms with Crippen LogP contribution >= 0.6 is 23.4 Å². The highest BCUT2D eigenvalue weighted by Crippen LogP contribution is 2.34. The Labute approximate surface area is 121 Å². The minimum absolute atomic E-state index is 0.154. The number of hydrogen-bond donors (Lipinski definition) is 0. The first kappa shape index (κ1) is 14.2. The second kappa shape index (κ2) is 6.26. The van der Waals surface area contributed by atoms with E-state index in [0.29, 0.717) is 11.5 Å². The summed E-state index contributed by atoms with van der Waals surface area (Å²) in [5.41, 5.74) is 2.76.